The summed E-state index contributed by atoms with van der Waals surface area (Å²) in [6, 6.07) is 6.20. The predicted octanol–water partition coefficient (Wildman–Crippen LogP) is 0.0974. The van der Waals surface area contributed by atoms with Gasteiger partial charge in [-0.05, 0) is 24.3 Å². The van der Waals surface area contributed by atoms with E-state index in [4.69, 9.17) is 15.6 Å². The third-order valence-corrected chi connectivity index (χ3v) is 2.52. The first-order valence-corrected chi connectivity index (χ1v) is 5.88. The topological polar surface area (TPSA) is 110 Å². The lowest BCUT2D eigenvalue weighted by Crippen LogP contribution is -2.32. The van der Waals surface area contributed by atoms with Crippen LogP contribution in [0.1, 0.15) is 16.8 Å². The summed E-state index contributed by atoms with van der Waals surface area (Å²) in [6.45, 7) is -0.217. The maximum absolute atomic E-state index is 11.5. The second-order valence-corrected chi connectivity index (χ2v) is 4.13. The van der Waals surface area contributed by atoms with Crippen LogP contribution in [0.15, 0.2) is 24.3 Å². The van der Waals surface area contributed by atoms with Crippen LogP contribution in [0.2, 0.25) is 0 Å². The number of rotatable bonds is 7. The number of carbonyl (C=O) groups is 3. The van der Waals surface area contributed by atoms with E-state index in [1.807, 2.05) is 0 Å². The molecular formula is C13H16N2O5. The van der Waals surface area contributed by atoms with Crippen molar-refractivity contribution in [1.82, 2.24) is 4.90 Å². The quantitative estimate of drug-likeness (QED) is 0.736. The monoisotopic (exact) mass is 280 g/mol. The number of benzene rings is 1. The molecule has 7 nitrogen and oxygen atoms in total. The number of hydrogen-bond donors (Lipinski definition) is 2. The molecule has 7 heteroatoms. The number of hydrogen-bond acceptors (Lipinski definition) is 4. The van der Waals surface area contributed by atoms with Crippen molar-refractivity contribution in [2.24, 2.45) is 5.73 Å². The Labute approximate surface area is 115 Å². The lowest BCUT2D eigenvalue weighted by atomic mass is 10.2. The van der Waals surface area contributed by atoms with Crippen LogP contribution in [-0.4, -0.2) is 48.0 Å². The molecule has 20 heavy (non-hydrogen) atoms. The molecule has 0 spiro atoms. The molecule has 0 heterocycles. The number of primary amides is 1. The van der Waals surface area contributed by atoms with Crippen molar-refractivity contribution in [3.8, 4) is 5.75 Å². The third-order valence-electron chi connectivity index (χ3n) is 2.52. The van der Waals surface area contributed by atoms with E-state index in [2.05, 4.69) is 0 Å². The second-order valence-electron chi connectivity index (χ2n) is 4.13. The van der Waals surface area contributed by atoms with Gasteiger partial charge in [-0.2, -0.15) is 0 Å². The first kappa shape index (κ1) is 15.5. The SMILES string of the molecule is CN(CC(=O)O)C(=O)CCOc1ccc(C(N)=O)cc1. The third kappa shape index (κ3) is 4.97. The first-order valence-electron chi connectivity index (χ1n) is 5.88. The van der Waals surface area contributed by atoms with Crippen LogP contribution in [0.5, 0.6) is 5.75 Å². The Hall–Kier alpha value is -2.57. The highest BCUT2D eigenvalue weighted by Crippen LogP contribution is 2.12. The molecule has 0 saturated carbocycles. The fraction of sp³-hybridized carbons (Fsp3) is 0.308. The van der Waals surface area contributed by atoms with Crippen LogP contribution in [0.4, 0.5) is 0 Å². The minimum Gasteiger partial charge on any atom is -0.493 e. The number of amides is 2. The molecule has 0 radical (unpaired) electrons. The van der Waals surface area contributed by atoms with Crippen molar-refractivity contribution in [2.75, 3.05) is 20.2 Å². The maximum Gasteiger partial charge on any atom is 0.323 e. The normalized spacial score (nSPS) is 9.85. The van der Waals surface area contributed by atoms with Crippen LogP contribution < -0.4 is 10.5 Å². The van der Waals surface area contributed by atoms with E-state index in [1.54, 1.807) is 12.1 Å². The predicted molar refractivity (Wildman–Crippen MR) is 70.3 cm³/mol. The summed E-state index contributed by atoms with van der Waals surface area (Å²) in [7, 11) is 1.41. The maximum atomic E-state index is 11.5. The molecule has 0 bridgehead atoms. The Morgan fingerprint density at radius 2 is 1.85 bits per heavy atom. The summed E-state index contributed by atoms with van der Waals surface area (Å²) >= 11 is 0. The van der Waals surface area contributed by atoms with Gasteiger partial charge in [0.1, 0.15) is 12.3 Å². The number of carbonyl (C=O) groups excluding carboxylic acids is 2. The van der Waals surface area contributed by atoms with Gasteiger partial charge in [0.05, 0.1) is 13.0 Å². The Bertz CT molecular complexity index is 498. The van der Waals surface area contributed by atoms with Gasteiger partial charge in [-0.1, -0.05) is 0 Å². The summed E-state index contributed by atoms with van der Waals surface area (Å²) < 4.78 is 5.32. The van der Waals surface area contributed by atoms with Crippen LogP contribution in [0.3, 0.4) is 0 Å². The molecular weight excluding hydrogens is 264 g/mol. The van der Waals surface area contributed by atoms with Crippen molar-refractivity contribution >= 4 is 17.8 Å². The van der Waals surface area contributed by atoms with Gasteiger partial charge in [0.15, 0.2) is 0 Å². The molecule has 0 aliphatic carbocycles. The minimum absolute atomic E-state index is 0.0708. The van der Waals surface area contributed by atoms with Crippen LogP contribution in [-0.2, 0) is 9.59 Å². The first-order chi connectivity index (χ1) is 9.40. The van der Waals surface area contributed by atoms with Gasteiger partial charge in [-0.25, -0.2) is 0 Å². The smallest absolute Gasteiger partial charge is 0.323 e. The lowest BCUT2D eigenvalue weighted by Gasteiger charge is -2.14. The zero-order valence-electron chi connectivity index (χ0n) is 11.0. The van der Waals surface area contributed by atoms with Crippen molar-refractivity contribution in [3.05, 3.63) is 29.8 Å². The molecule has 0 atom stereocenters. The van der Waals surface area contributed by atoms with Gasteiger partial charge >= 0.3 is 5.97 Å². The molecule has 0 aromatic heterocycles. The zero-order chi connectivity index (χ0) is 15.1. The van der Waals surface area contributed by atoms with Crippen molar-refractivity contribution in [1.29, 1.82) is 0 Å². The molecule has 0 fully saturated rings. The standard InChI is InChI=1S/C13H16N2O5/c1-15(8-12(17)18)11(16)6-7-20-10-4-2-9(3-5-10)13(14)19/h2-5H,6-8H2,1H3,(H2,14,19)(H,17,18). The molecule has 0 saturated heterocycles. The molecule has 0 unspecified atom stereocenters. The van der Waals surface area contributed by atoms with Gasteiger partial charge < -0.3 is 20.5 Å². The molecule has 0 aliphatic rings. The zero-order valence-corrected chi connectivity index (χ0v) is 11.0. The highest BCUT2D eigenvalue weighted by Gasteiger charge is 2.11. The van der Waals surface area contributed by atoms with E-state index in [1.165, 1.54) is 19.2 Å². The van der Waals surface area contributed by atoms with E-state index >= 15 is 0 Å². The van der Waals surface area contributed by atoms with Crippen LogP contribution in [0, 0.1) is 0 Å². The van der Waals surface area contributed by atoms with E-state index in [0.29, 0.717) is 11.3 Å². The van der Waals surface area contributed by atoms with Gasteiger partial charge in [-0.15, -0.1) is 0 Å². The van der Waals surface area contributed by atoms with Gasteiger partial charge in [0, 0.05) is 12.6 Å². The molecule has 1 rings (SSSR count). The molecule has 1 aromatic rings. The molecule has 3 N–H and O–H groups in total. The number of carboxylic acids is 1. The average molecular weight is 280 g/mol. The van der Waals surface area contributed by atoms with Crippen molar-refractivity contribution in [2.45, 2.75) is 6.42 Å². The summed E-state index contributed by atoms with van der Waals surface area (Å²) in [4.78, 5) is 33.9. The Kier molecular flexibility index (Phi) is 5.52. The number of nitrogens with zero attached hydrogens (tertiary/aromatic N) is 1. The van der Waals surface area contributed by atoms with Crippen LogP contribution in [0.25, 0.3) is 0 Å². The Morgan fingerprint density at radius 1 is 1.25 bits per heavy atom. The fourth-order valence-corrected chi connectivity index (χ4v) is 1.45. The minimum atomic E-state index is -1.07. The summed E-state index contributed by atoms with van der Waals surface area (Å²) in [5.74, 6) is -1.41. The highest BCUT2D eigenvalue weighted by molar-refractivity contribution is 5.92. The number of carboxylic acid groups (broad SMARTS) is 1. The Balaban J connectivity index is 2.38. The molecule has 108 valence electrons. The lowest BCUT2D eigenvalue weighted by molar-refractivity contribution is -0.143. The summed E-state index contributed by atoms with van der Waals surface area (Å²) in [5.41, 5.74) is 5.47. The van der Waals surface area contributed by atoms with E-state index in [0.717, 1.165) is 4.90 Å². The fourth-order valence-electron chi connectivity index (χ4n) is 1.45. The average Bonchev–Trinajstić information content (AvgIpc) is 2.38. The number of aliphatic carboxylic acids is 1. The number of nitrogens with two attached hydrogens (primary N) is 1. The number of ether oxygens (including phenoxy) is 1. The van der Waals surface area contributed by atoms with Gasteiger partial charge in [0.25, 0.3) is 0 Å². The second kappa shape index (κ2) is 7.13. The van der Waals surface area contributed by atoms with Gasteiger partial charge in [0.2, 0.25) is 11.8 Å². The van der Waals surface area contributed by atoms with E-state index in [-0.39, 0.29) is 25.5 Å². The Morgan fingerprint density at radius 3 is 2.35 bits per heavy atom. The highest BCUT2D eigenvalue weighted by atomic mass is 16.5. The summed E-state index contributed by atoms with van der Waals surface area (Å²) in [5, 5.41) is 8.54. The van der Waals surface area contributed by atoms with E-state index < -0.39 is 11.9 Å². The number of likely N-dealkylation sites (N-methyl/N-ethyl adjacent to an activating group) is 1. The molecule has 1 aromatic carbocycles. The van der Waals surface area contributed by atoms with Gasteiger partial charge in [-0.3, -0.25) is 14.4 Å². The molecule has 0 aliphatic heterocycles. The van der Waals surface area contributed by atoms with E-state index in [9.17, 15) is 14.4 Å². The van der Waals surface area contributed by atoms with Crippen molar-refractivity contribution < 1.29 is 24.2 Å². The van der Waals surface area contributed by atoms with Crippen LogP contribution >= 0.6 is 0 Å². The largest absolute Gasteiger partial charge is 0.493 e. The summed E-state index contributed by atoms with van der Waals surface area (Å²) in [6.07, 6.45) is 0.0708. The van der Waals surface area contributed by atoms with Crippen molar-refractivity contribution in [3.63, 3.8) is 0 Å². The molecule has 2 amide bonds.